The van der Waals surface area contributed by atoms with Crippen LogP contribution in [0.5, 0.6) is 0 Å². The summed E-state index contributed by atoms with van der Waals surface area (Å²) in [5, 5.41) is 2.73. The molecule has 1 N–H and O–H groups in total. The molecule has 4 nitrogen and oxygen atoms in total. The van der Waals surface area contributed by atoms with Gasteiger partial charge in [0.1, 0.15) is 5.25 Å². The van der Waals surface area contributed by atoms with E-state index in [9.17, 15) is 9.59 Å². The van der Waals surface area contributed by atoms with Gasteiger partial charge in [-0.1, -0.05) is 18.2 Å². The van der Waals surface area contributed by atoms with Gasteiger partial charge in [0, 0.05) is 22.6 Å². The van der Waals surface area contributed by atoms with Crippen LogP contribution in [0.25, 0.3) is 0 Å². The molecule has 1 saturated heterocycles. The average Bonchev–Trinajstić information content (AvgIpc) is 2.95. The molecule has 0 radical (unpaired) electrons. The Morgan fingerprint density at radius 1 is 1.09 bits per heavy atom. The molecule has 1 aliphatic rings. The number of carbonyl (C=O) groups excluding carboxylic acids is 2. The van der Waals surface area contributed by atoms with Gasteiger partial charge in [0.2, 0.25) is 0 Å². The summed E-state index contributed by atoms with van der Waals surface area (Å²) in [5.41, 5.74) is 1.35. The van der Waals surface area contributed by atoms with E-state index in [0.717, 1.165) is 17.0 Å². The van der Waals surface area contributed by atoms with Gasteiger partial charge >= 0.3 is 5.97 Å². The van der Waals surface area contributed by atoms with Crippen LogP contribution in [0.2, 0.25) is 0 Å². The molecule has 0 aromatic heterocycles. The van der Waals surface area contributed by atoms with Crippen molar-refractivity contribution in [1.82, 2.24) is 0 Å². The van der Waals surface area contributed by atoms with Crippen LogP contribution in [-0.4, -0.2) is 23.7 Å². The second-order valence-corrected chi connectivity index (χ2v) is 6.18. The van der Waals surface area contributed by atoms with Gasteiger partial charge in [-0.05, 0) is 36.4 Å². The van der Waals surface area contributed by atoms with Crippen LogP contribution >= 0.6 is 11.8 Å². The van der Waals surface area contributed by atoms with E-state index in [-0.39, 0.29) is 17.1 Å². The van der Waals surface area contributed by atoms with E-state index in [1.807, 2.05) is 42.5 Å². The zero-order valence-corrected chi connectivity index (χ0v) is 12.6. The summed E-state index contributed by atoms with van der Waals surface area (Å²) in [6, 6.07) is 16.5. The van der Waals surface area contributed by atoms with Crippen LogP contribution in [0.15, 0.2) is 59.5 Å². The zero-order valence-electron chi connectivity index (χ0n) is 11.8. The SMILES string of the molecule is O=C(Nc1ccc(SC2CCOC2=O)cc1)c1ccccc1. The van der Waals surface area contributed by atoms with E-state index in [2.05, 4.69) is 5.32 Å². The normalized spacial score (nSPS) is 17.1. The molecule has 1 unspecified atom stereocenters. The number of esters is 1. The van der Waals surface area contributed by atoms with Crippen LogP contribution in [0.1, 0.15) is 16.8 Å². The Morgan fingerprint density at radius 2 is 1.82 bits per heavy atom. The third-order valence-electron chi connectivity index (χ3n) is 3.31. The first-order valence-corrected chi connectivity index (χ1v) is 7.90. The minimum absolute atomic E-state index is 0.121. The summed E-state index contributed by atoms with van der Waals surface area (Å²) in [4.78, 5) is 24.5. The number of rotatable bonds is 4. The highest BCUT2D eigenvalue weighted by Crippen LogP contribution is 2.30. The molecule has 0 saturated carbocycles. The molecule has 112 valence electrons. The van der Waals surface area contributed by atoms with Crippen molar-refractivity contribution in [2.45, 2.75) is 16.6 Å². The molecule has 1 atom stereocenters. The summed E-state index contributed by atoms with van der Waals surface area (Å²) in [6.07, 6.45) is 0.746. The summed E-state index contributed by atoms with van der Waals surface area (Å²) >= 11 is 1.50. The molecule has 1 amide bonds. The lowest BCUT2D eigenvalue weighted by Gasteiger charge is -2.08. The molecule has 5 heteroatoms. The number of amides is 1. The lowest BCUT2D eigenvalue weighted by molar-refractivity contribution is -0.137. The number of hydrogen-bond acceptors (Lipinski definition) is 4. The van der Waals surface area contributed by atoms with Crippen LogP contribution in [0.3, 0.4) is 0 Å². The molecule has 0 aliphatic carbocycles. The molecule has 1 heterocycles. The molecule has 0 spiro atoms. The van der Waals surface area contributed by atoms with Gasteiger partial charge in [-0.15, -0.1) is 11.8 Å². The second kappa shape index (κ2) is 6.66. The maximum Gasteiger partial charge on any atom is 0.319 e. The Morgan fingerprint density at radius 3 is 2.45 bits per heavy atom. The fourth-order valence-corrected chi connectivity index (χ4v) is 3.16. The number of hydrogen-bond donors (Lipinski definition) is 1. The second-order valence-electron chi connectivity index (χ2n) is 4.91. The first-order valence-electron chi connectivity index (χ1n) is 7.02. The topological polar surface area (TPSA) is 55.4 Å². The predicted molar refractivity (Wildman–Crippen MR) is 86.1 cm³/mol. The van der Waals surface area contributed by atoms with Crippen molar-refractivity contribution >= 4 is 29.3 Å². The lowest BCUT2D eigenvalue weighted by Crippen LogP contribution is -2.11. The number of benzene rings is 2. The fraction of sp³-hybridized carbons (Fsp3) is 0.176. The summed E-state index contributed by atoms with van der Waals surface area (Å²) < 4.78 is 4.95. The quantitative estimate of drug-likeness (QED) is 0.880. The van der Waals surface area contributed by atoms with Crippen molar-refractivity contribution in [2.75, 3.05) is 11.9 Å². The van der Waals surface area contributed by atoms with Gasteiger partial charge in [-0.25, -0.2) is 0 Å². The summed E-state index contributed by atoms with van der Waals surface area (Å²) in [6.45, 7) is 0.502. The van der Waals surface area contributed by atoms with Crippen molar-refractivity contribution in [1.29, 1.82) is 0 Å². The van der Waals surface area contributed by atoms with Crippen molar-refractivity contribution in [3.63, 3.8) is 0 Å². The number of carbonyl (C=O) groups is 2. The third-order valence-corrected chi connectivity index (χ3v) is 4.57. The standard InChI is InChI=1S/C17H15NO3S/c19-16(12-4-2-1-3-5-12)18-13-6-8-14(9-7-13)22-15-10-11-21-17(15)20/h1-9,15H,10-11H2,(H,18,19). The number of ether oxygens (including phenoxy) is 1. The number of anilines is 1. The maximum absolute atomic E-state index is 12.0. The minimum Gasteiger partial charge on any atom is -0.465 e. The largest absolute Gasteiger partial charge is 0.465 e. The van der Waals surface area contributed by atoms with E-state index >= 15 is 0 Å². The highest BCUT2D eigenvalue weighted by molar-refractivity contribution is 8.00. The fourth-order valence-electron chi connectivity index (χ4n) is 2.16. The van der Waals surface area contributed by atoms with E-state index in [0.29, 0.717) is 12.2 Å². The first-order chi connectivity index (χ1) is 10.7. The van der Waals surface area contributed by atoms with Gasteiger partial charge in [0.25, 0.3) is 5.91 Å². The molecule has 22 heavy (non-hydrogen) atoms. The highest BCUT2D eigenvalue weighted by atomic mass is 32.2. The van der Waals surface area contributed by atoms with Gasteiger partial charge < -0.3 is 10.1 Å². The lowest BCUT2D eigenvalue weighted by atomic mass is 10.2. The monoisotopic (exact) mass is 313 g/mol. The Kier molecular flexibility index (Phi) is 4.44. The van der Waals surface area contributed by atoms with Gasteiger partial charge in [0.05, 0.1) is 6.61 Å². The Labute approximate surface area is 132 Å². The summed E-state index contributed by atoms with van der Waals surface area (Å²) in [7, 11) is 0. The van der Waals surface area contributed by atoms with Crippen molar-refractivity contribution in [2.24, 2.45) is 0 Å². The van der Waals surface area contributed by atoms with E-state index in [1.54, 1.807) is 12.1 Å². The third kappa shape index (κ3) is 3.49. The van der Waals surface area contributed by atoms with Crippen LogP contribution in [0, 0.1) is 0 Å². The number of thioether (sulfide) groups is 1. The summed E-state index contributed by atoms with van der Waals surface area (Å²) in [5.74, 6) is -0.285. The highest BCUT2D eigenvalue weighted by Gasteiger charge is 2.27. The minimum atomic E-state index is -0.147. The number of cyclic esters (lactones) is 1. The Bertz CT molecular complexity index is 670. The van der Waals surface area contributed by atoms with Crippen molar-refractivity contribution in [3.8, 4) is 0 Å². The van der Waals surface area contributed by atoms with Crippen LogP contribution < -0.4 is 5.32 Å². The van der Waals surface area contributed by atoms with E-state index < -0.39 is 0 Å². The molecule has 0 bridgehead atoms. The zero-order chi connectivity index (χ0) is 15.4. The maximum atomic E-state index is 12.0. The molecule has 3 rings (SSSR count). The molecule has 2 aromatic rings. The van der Waals surface area contributed by atoms with Crippen molar-refractivity contribution < 1.29 is 14.3 Å². The number of nitrogens with one attached hydrogen (secondary N) is 1. The van der Waals surface area contributed by atoms with Crippen molar-refractivity contribution in [3.05, 3.63) is 60.2 Å². The first kappa shape index (κ1) is 14.7. The van der Waals surface area contributed by atoms with Crippen LogP contribution in [-0.2, 0) is 9.53 Å². The van der Waals surface area contributed by atoms with E-state index in [1.165, 1.54) is 11.8 Å². The van der Waals surface area contributed by atoms with Gasteiger partial charge in [-0.3, -0.25) is 9.59 Å². The molecule has 2 aromatic carbocycles. The molecular formula is C17H15NO3S. The molecular weight excluding hydrogens is 298 g/mol. The van der Waals surface area contributed by atoms with Gasteiger partial charge in [0.15, 0.2) is 0 Å². The van der Waals surface area contributed by atoms with Gasteiger partial charge in [-0.2, -0.15) is 0 Å². The molecule has 1 aliphatic heterocycles. The van der Waals surface area contributed by atoms with Crippen LogP contribution in [0.4, 0.5) is 5.69 Å². The predicted octanol–water partition coefficient (Wildman–Crippen LogP) is 3.35. The average molecular weight is 313 g/mol. The van der Waals surface area contributed by atoms with E-state index in [4.69, 9.17) is 4.74 Å². The smallest absolute Gasteiger partial charge is 0.319 e. The molecule has 1 fully saturated rings. The Hall–Kier alpha value is -2.27. The Balaban J connectivity index is 1.62.